The Bertz CT molecular complexity index is 604. The molecule has 1 aliphatic rings. The van der Waals surface area contributed by atoms with Gasteiger partial charge in [0.1, 0.15) is 0 Å². The fraction of sp³-hybridized carbons (Fsp3) is 0.533. The highest BCUT2D eigenvalue weighted by molar-refractivity contribution is 5.79. The highest BCUT2D eigenvalue weighted by atomic mass is 16.6. The maximum absolute atomic E-state index is 11.5. The standard InChI is InChI=1S/C15H20N2O3/c1-9-11(16-8-18)6-10-12(13(9)17(19)20)15(4,5)7-14(10,2)3/h6,8H,7H2,1-5H3,(H,16,18). The van der Waals surface area contributed by atoms with E-state index >= 15 is 0 Å². The van der Waals surface area contributed by atoms with Crippen LogP contribution in [-0.2, 0) is 15.6 Å². The number of benzene rings is 1. The molecule has 0 atom stereocenters. The molecule has 5 nitrogen and oxygen atoms in total. The first kappa shape index (κ1) is 14.5. The Labute approximate surface area is 118 Å². The van der Waals surface area contributed by atoms with Gasteiger partial charge in [0.15, 0.2) is 0 Å². The molecule has 0 aromatic heterocycles. The molecule has 1 amide bonds. The largest absolute Gasteiger partial charge is 0.328 e. The van der Waals surface area contributed by atoms with Gasteiger partial charge in [-0.2, -0.15) is 0 Å². The van der Waals surface area contributed by atoms with Gasteiger partial charge in [0.05, 0.1) is 16.2 Å². The zero-order valence-corrected chi connectivity index (χ0v) is 12.5. The quantitative estimate of drug-likeness (QED) is 0.522. The Hall–Kier alpha value is -1.91. The van der Waals surface area contributed by atoms with Crippen LogP contribution in [0.1, 0.15) is 50.8 Å². The summed E-state index contributed by atoms with van der Waals surface area (Å²) in [6.07, 6.45) is 1.41. The lowest BCUT2D eigenvalue weighted by atomic mass is 9.81. The molecule has 1 aromatic carbocycles. The van der Waals surface area contributed by atoms with Gasteiger partial charge in [-0.05, 0) is 35.8 Å². The predicted molar refractivity (Wildman–Crippen MR) is 78.2 cm³/mol. The van der Waals surface area contributed by atoms with Gasteiger partial charge in [0.2, 0.25) is 6.41 Å². The molecule has 0 fully saturated rings. The maximum atomic E-state index is 11.5. The third-order valence-electron chi connectivity index (χ3n) is 4.24. The topological polar surface area (TPSA) is 72.2 Å². The van der Waals surface area contributed by atoms with E-state index in [4.69, 9.17) is 0 Å². The summed E-state index contributed by atoms with van der Waals surface area (Å²) in [7, 11) is 0. The molecule has 0 saturated heterocycles. The molecule has 20 heavy (non-hydrogen) atoms. The number of fused-ring (bicyclic) bond motifs is 1. The summed E-state index contributed by atoms with van der Waals surface area (Å²) in [5, 5.41) is 14.1. The second-order valence-electron chi connectivity index (χ2n) is 6.78. The monoisotopic (exact) mass is 276 g/mol. The van der Waals surface area contributed by atoms with Crippen LogP contribution in [-0.4, -0.2) is 11.3 Å². The van der Waals surface area contributed by atoms with E-state index < -0.39 is 0 Å². The van der Waals surface area contributed by atoms with Gasteiger partial charge in [0, 0.05) is 5.56 Å². The second kappa shape index (κ2) is 4.30. The number of amides is 1. The number of nitrogens with zero attached hydrogens (tertiary/aromatic N) is 1. The van der Waals surface area contributed by atoms with E-state index in [-0.39, 0.29) is 21.4 Å². The van der Waals surface area contributed by atoms with Crippen LogP contribution >= 0.6 is 0 Å². The van der Waals surface area contributed by atoms with Crippen molar-refractivity contribution in [2.45, 2.75) is 51.9 Å². The van der Waals surface area contributed by atoms with Crippen LogP contribution in [0, 0.1) is 17.0 Å². The number of nitro benzene ring substituents is 1. The summed E-state index contributed by atoms with van der Waals surface area (Å²) >= 11 is 0. The lowest BCUT2D eigenvalue weighted by molar-refractivity contribution is -0.386. The van der Waals surface area contributed by atoms with Crippen molar-refractivity contribution < 1.29 is 9.72 Å². The lowest BCUT2D eigenvalue weighted by Gasteiger charge is -2.22. The summed E-state index contributed by atoms with van der Waals surface area (Å²) in [6, 6.07) is 1.89. The zero-order chi connectivity index (χ0) is 15.3. The van der Waals surface area contributed by atoms with E-state index in [9.17, 15) is 14.9 Å². The van der Waals surface area contributed by atoms with Gasteiger partial charge in [-0.25, -0.2) is 0 Å². The van der Waals surface area contributed by atoms with Crippen LogP contribution in [0.25, 0.3) is 0 Å². The van der Waals surface area contributed by atoms with E-state index in [0.29, 0.717) is 17.7 Å². The minimum atomic E-state index is -0.326. The average molecular weight is 276 g/mol. The Kier molecular flexibility index (Phi) is 3.11. The molecule has 2 rings (SSSR count). The van der Waals surface area contributed by atoms with Gasteiger partial charge in [-0.1, -0.05) is 27.7 Å². The Morgan fingerprint density at radius 3 is 2.40 bits per heavy atom. The Morgan fingerprint density at radius 2 is 1.90 bits per heavy atom. The Morgan fingerprint density at radius 1 is 1.30 bits per heavy atom. The normalized spacial score (nSPS) is 18.4. The summed E-state index contributed by atoms with van der Waals surface area (Å²) < 4.78 is 0. The van der Waals surface area contributed by atoms with Crippen molar-refractivity contribution in [1.82, 2.24) is 0 Å². The molecule has 1 N–H and O–H groups in total. The number of carbonyl (C=O) groups excluding carboxylic acids is 1. The zero-order valence-electron chi connectivity index (χ0n) is 12.5. The van der Waals surface area contributed by atoms with Crippen molar-refractivity contribution >= 4 is 17.8 Å². The fourth-order valence-corrected chi connectivity index (χ4v) is 3.72. The van der Waals surface area contributed by atoms with E-state index in [1.54, 1.807) is 6.92 Å². The van der Waals surface area contributed by atoms with E-state index in [2.05, 4.69) is 19.2 Å². The number of rotatable bonds is 3. The van der Waals surface area contributed by atoms with Crippen molar-refractivity contribution in [2.24, 2.45) is 0 Å². The summed E-state index contributed by atoms with van der Waals surface area (Å²) in [5.74, 6) is 0. The molecule has 0 aliphatic heterocycles. The first-order chi connectivity index (χ1) is 9.12. The molecular formula is C15H20N2O3. The van der Waals surface area contributed by atoms with E-state index in [1.165, 1.54) is 0 Å². The van der Waals surface area contributed by atoms with Crippen LogP contribution in [0.5, 0.6) is 0 Å². The number of nitrogens with one attached hydrogen (secondary N) is 1. The van der Waals surface area contributed by atoms with Gasteiger partial charge in [-0.15, -0.1) is 0 Å². The van der Waals surface area contributed by atoms with Crippen LogP contribution < -0.4 is 5.32 Å². The van der Waals surface area contributed by atoms with Crippen molar-refractivity contribution in [3.63, 3.8) is 0 Å². The predicted octanol–water partition coefficient (Wildman–Crippen LogP) is 3.43. The summed E-state index contributed by atoms with van der Waals surface area (Å²) in [5.41, 5.74) is 2.57. The van der Waals surface area contributed by atoms with Gasteiger partial charge >= 0.3 is 0 Å². The van der Waals surface area contributed by atoms with Crippen molar-refractivity contribution in [1.29, 1.82) is 0 Å². The van der Waals surface area contributed by atoms with E-state index in [0.717, 1.165) is 17.5 Å². The van der Waals surface area contributed by atoms with Crippen LogP contribution in [0.3, 0.4) is 0 Å². The van der Waals surface area contributed by atoms with Crippen LogP contribution in [0.2, 0.25) is 0 Å². The minimum absolute atomic E-state index is 0.141. The van der Waals surface area contributed by atoms with Crippen LogP contribution in [0.4, 0.5) is 11.4 Å². The fourth-order valence-electron chi connectivity index (χ4n) is 3.72. The molecule has 5 heteroatoms. The molecule has 1 aromatic rings. The van der Waals surface area contributed by atoms with E-state index in [1.807, 2.05) is 19.9 Å². The average Bonchev–Trinajstić information content (AvgIpc) is 2.46. The molecule has 0 spiro atoms. The SMILES string of the molecule is Cc1c(NC=O)cc2c(c1[N+](=O)[O-])C(C)(C)CC2(C)C. The summed E-state index contributed by atoms with van der Waals surface area (Å²) in [6.45, 7) is 9.94. The number of nitro groups is 1. The molecule has 108 valence electrons. The number of hydrogen-bond donors (Lipinski definition) is 1. The molecule has 0 radical (unpaired) electrons. The molecule has 0 saturated carbocycles. The third-order valence-corrected chi connectivity index (χ3v) is 4.24. The first-order valence-corrected chi connectivity index (χ1v) is 6.65. The van der Waals surface area contributed by atoms with Gasteiger partial charge < -0.3 is 5.32 Å². The highest BCUT2D eigenvalue weighted by Crippen LogP contribution is 2.54. The van der Waals surface area contributed by atoms with Gasteiger partial charge in [-0.3, -0.25) is 14.9 Å². The molecule has 0 heterocycles. The Balaban J connectivity index is 2.87. The molecular weight excluding hydrogens is 256 g/mol. The summed E-state index contributed by atoms with van der Waals surface area (Å²) in [4.78, 5) is 21.9. The minimum Gasteiger partial charge on any atom is -0.328 e. The van der Waals surface area contributed by atoms with Crippen molar-refractivity contribution in [3.05, 3.63) is 32.9 Å². The molecule has 1 aliphatic carbocycles. The third kappa shape index (κ3) is 1.97. The number of anilines is 1. The molecule has 0 bridgehead atoms. The number of hydrogen-bond acceptors (Lipinski definition) is 3. The maximum Gasteiger partial charge on any atom is 0.278 e. The first-order valence-electron chi connectivity index (χ1n) is 6.65. The smallest absolute Gasteiger partial charge is 0.278 e. The van der Waals surface area contributed by atoms with Crippen molar-refractivity contribution in [2.75, 3.05) is 5.32 Å². The van der Waals surface area contributed by atoms with Crippen molar-refractivity contribution in [3.8, 4) is 0 Å². The highest BCUT2D eigenvalue weighted by Gasteiger charge is 2.47. The second-order valence-corrected chi connectivity index (χ2v) is 6.78. The van der Waals surface area contributed by atoms with Gasteiger partial charge in [0.25, 0.3) is 5.69 Å². The van der Waals surface area contributed by atoms with Crippen LogP contribution in [0.15, 0.2) is 6.07 Å². The number of carbonyl (C=O) groups is 1. The molecule has 0 unspecified atom stereocenters. The lowest BCUT2D eigenvalue weighted by Crippen LogP contribution is -2.18.